The molecule has 4 heteroatoms. The molecule has 0 spiro atoms. The molecule has 0 aromatic rings. The van der Waals surface area contributed by atoms with Gasteiger partial charge in [-0.15, -0.1) is 0 Å². The fourth-order valence-corrected chi connectivity index (χ4v) is 0.641. The highest BCUT2D eigenvalue weighted by Crippen LogP contribution is 2.23. The predicted octanol–water partition coefficient (Wildman–Crippen LogP) is 0.213. The molecule has 0 amide bonds. The minimum atomic E-state index is -1.02. The summed E-state index contributed by atoms with van der Waals surface area (Å²) in [6.45, 7) is 3.32. The van der Waals surface area contributed by atoms with Gasteiger partial charge in [0.1, 0.15) is 0 Å². The summed E-state index contributed by atoms with van der Waals surface area (Å²) < 4.78 is 9.20. The van der Waals surface area contributed by atoms with Crippen LogP contribution < -0.4 is 0 Å². The first-order chi connectivity index (χ1) is 4.57. The quantitative estimate of drug-likeness (QED) is 0.390. The average molecular weight is 144 g/mol. The summed E-state index contributed by atoms with van der Waals surface area (Å²) in [6.07, 6.45) is 0.477. The smallest absolute Gasteiger partial charge is 0.414 e. The summed E-state index contributed by atoms with van der Waals surface area (Å²) in [6, 6.07) is 0. The van der Waals surface area contributed by atoms with E-state index in [2.05, 4.69) is 9.47 Å². The Balaban J connectivity index is 2.73. The summed E-state index contributed by atoms with van der Waals surface area (Å²) in [7, 11) is 0. The number of carbonyl (C=O) groups excluding carboxylic acids is 2. The van der Waals surface area contributed by atoms with Crippen molar-refractivity contribution >= 4 is 11.9 Å². The van der Waals surface area contributed by atoms with Crippen LogP contribution in [0, 0.1) is 0 Å². The zero-order valence-electron chi connectivity index (χ0n) is 5.84. The highest BCUT2D eigenvalue weighted by molar-refractivity contribution is 6.31. The normalized spacial score (nSPS) is 22.2. The third-order valence-corrected chi connectivity index (χ3v) is 1.43. The first-order valence-electron chi connectivity index (χ1n) is 3.04. The SMILES string of the molecule is CCC1(C)OC(=O)C(=O)O1. The van der Waals surface area contributed by atoms with Crippen molar-refractivity contribution in [1.29, 1.82) is 0 Å². The molecule has 1 aliphatic rings. The zero-order chi connectivity index (χ0) is 7.78. The van der Waals surface area contributed by atoms with Crippen molar-refractivity contribution in [3.63, 3.8) is 0 Å². The summed E-state index contributed by atoms with van der Waals surface area (Å²) in [4.78, 5) is 20.9. The lowest BCUT2D eigenvalue weighted by molar-refractivity contribution is -0.171. The molecule has 1 heterocycles. The Morgan fingerprint density at radius 2 is 1.70 bits per heavy atom. The molecule has 1 saturated heterocycles. The van der Waals surface area contributed by atoms with Gasteiger partial charge in [0.15, 0.2) is 0 Å². The van der Waals surface area contributed by atoms with Crippen molar-refractivity contribution < 1.29 is 19.1 Å². The van der Waals surface area contributed by atoms with Gasteiger partial charge in [-0.25, -0.2) is 9.59 Å². The third-order valence-electron chi connectivity index (χ3n) is 1.43. The van der Waals surface area contributed by atoms with E-state index in [0.717, 1.165) is 0 Å². The third kappa shape index (κ3) is 0.964. The highest BCUT2D eigenvalue weighted by atomic mass is 16.8. The van der Waals surface area contributed by atoms with Gasteiger partial charge < -0.3 is 9.47 Å². The molecular weight excluding hydrogens is 136 g/mol. The zero-order valence-corrected chi connectivity index (χ0v) is 5.84. The first kappa shape index (κ1) is 7.05. The van der Waals surface area contributed by atoms with E-state index < -0.39 is 17.7 Å². The number of cyclic esters (lactones) is 2. The number of ether oxygens (including phenoxy) is 2. The standard InChI is InChI=1S/C6H8O4/c1-3-6(2)9-4(7)5(8)10-6/h3H2,1-2H3. The summed E-state index contributed by atoms with van der Waals surface area (Å²) in [5.74, 6) is -2.82. The van der Waals surface area contributed by atoms with E-state index in [4.69, 9.17) is 0 Å². The van der Waals surface area contributed by atoms with Gasteiger partial charge in [-0.3, -0.25) is 0 Å². The molecule has 0 N–H and O–H groups in total. The largest absolute Gasteiger partial charge is 0.420 e. The minimum absolute atomic E-state index is 0.477. The first-order valence-corrected chi connectivity index (χ1v) is 3.04. The van der Waals surface area contributed by atoms with Crippen molar-refractivity contribution in [3.8, 4) is 0 Å². The van der Waals surface area contributed by atoms with Gasteiger partial charge in [0.25, 0.3) is 5.79 Å². The maximum absolute atomic E-state index is 10.5. The lowest BCUT2D eigenvalue weighted by Crippen LogP contribution is -2.24. The molecular formula is C6H8O4. The van der Waals surface area contributed by atoms with E-state index in [-0.39, 0.29) is 0 Å². The van der Waals surface area contributed by atoms with Crippen LogP contribution in [0.5, 0.6) is 0 Å². The fourth-order valence-electron chi connectivity index (χ4n) is 0.641. The van der Waals surface area contributed by atoms with Crippen LogP contribution >= 0.6 is 0 Å². The average Bonchev–Trinajstić information content (AvgIpc) is 2.10. The topological polar surface area (TPSA) is 52.6 Å². The molecule has 1 fully saturated rings. The van der Waals surface area contributed by atoms with Crippen molar-refractivity contribution in [2.45, 2.75) is 26.1 Å². The summed E-state index contributed by atoms with van der Waals surface area (Å²) >= 11 is 0. The Labute approximate surface area is 58.1 Å². The molecule has 0 aromatic carbocycles. The van der Waals surface area contributed by atoms with Crippen LogP contribution in [0.15, 0.2) is 0 Å². The number of rotatable bonds is 1. The molecule has 0 atom stereocenters. The van der Waals surface area contributed by atoms with Crippen molar-refractivity contribution in [2.24, 2.45) is 0 Å². The number of esters is 2. The van der Waals surface area contributed by atoms with Crippen LogP contribution in [0.3, 0.4) is 0 Å². The maximum atomic E-state index is 10.5. The molecule has 1 aliphatic heterocycles. The van der Waals surface area contributed by atoms with E-state index in [1.165, 1.54) is 0 Å². The van der Waals surface area contributed by atoms with E-state index in [1.54, 1.807) is 13.8 Å². The molecule has 0 aliphatic carbocycles. The van der Waals surface area contributed by atoms with Gasteiger partial charge in [-0.05, 0) is 0 Å². The van der Waals surface area contributed by atoms with Gasteiger partial charge >= 0.3 is 11.9 Å². The number of carbonyl (C=O) groups is 2. The molecule has 10 heavy (non-hydrogen) atoms. The van der Waals surface area contributed by atoms with E-state index in [1.807, 2.05) is 0 Å². The van der Waals surface area contributed by atoms with Gasteiger partial charge in [-0.2, -0.15) is 0 Å². The Kier molecular flexibility index (Phi) is 1.39. The van der Waals surface area contributed by atoms with Gasteiger partial charge in [-0.1, -0.05) is 6.92 Å². The molecule has 56 valence electrons. The summed E-state index contributed by atoms with van der Waals surface area (Å²) in [5, 5.41) is 0. The van der Waals surface area contributed by atoms with Crippen LogP contribution in [0.1, 0.15) is 20.3 Å². The van der Waals surface area contributed by atoms with Crippen molar-refractivity contribution in [3.05, 3.63) is 0 Å². The van der Waals surface area contributed by atoms with Gasteiger partial charge in [0.2, 0.25) is 0 Å². The Bertz CT molecular complexity index is 168. The number of hydrogen-bond acceptors (Lipinski definition) is 4. The second-order valence-corrected chi connectivity index (χ2v) is 2.27. The summed E-state index contributed by atoms with van der Waals surface area (Å²) in [5.41, 5.74) is 0. The molecule has 0 unspecified atom stereocenters. The predicted molar refractivity (Wildman–Crippen MR) is 30.9 cm³/mol. The molecule has 0 bridgehead atoms. The molecule has 0 saturated carbocycles. The molecule has 1 rings (SSSR count). The van der Waals surface area contributed by atoms with Crippen LogP contribution in [-0.2, 0) is 19.1 Å². The van der Waals surface area contributed by atoms with Crippen molar-refractivity contribution in [2.75, 3.05) is 0 Å². The van der Waals surface area contributed by atoms with Gasteiger partial charge in [0, 0.05) is 13.3 Å². The second-order valence-electron chi connectivity index (χ2n) is 2.27. The van der Waals surface area contributed by atoms with Gasteiger partial charge in [0.05, 0.1) is 0 Å². The van der Waals surface area contributed by atoms with E-state index in [9.17, 15) is 9.59 Å². The molecule has 4 nitrogen and oxygen atoms in total. The van der Waals surface area contributed by atoms with E-state index in [0.29, 0.717) is 6.42 Å². The second kappa shape index (κ2) is 1.97. The Morgan fingerprint density at radius 1 is 1.30 bits per heavy atom. The fraction of sp³-hybridized carbons (Fsp3) is 0.667. The van der Waals surface area contributed by atoms with Crippen LogP contribution in [0.4, 0.5) is 0 Å². The minimum Gasteiger partial charge on any atom is -0.414 e. The lowest BCUT2D eigenvalue weighted by atomic mass is 10.2. The van der Waals surface area contributed by atoms with Crippen LogP contribution in [-0.4, -0.2) is 17.7 Å². The number of hydrogen-bond donors (Lipinski definition) is 0. The monoisotopic (exact) mass is 144 g/mol. The Morgan fingerprint density at radius 3 is 1.90 bits per heavy atom. The molecule has 0 aromatic heterocycles. The Hall–Kier alpha value is -1.06. The lowest BCUT2D eigenvalue weighted by Gasteiger charge is -2.16. The molecule has 0 radical (unpaired) electrons. The van der Waals surface area contributed by atoms with Crippen molar-refractivity contribution in [1.82, 2.24) is 0 Å². The van der Waals surface area contributed by atoms with E-state index >= 15 is 0 Å². The highest BCUT2D eigenvalue weighted by Gasteiger charge is 2.42. The van der Waals surface area contributed by atoms with Crippen LogP contribution in [0.25, 0.3) is 0 Å². The van der Waals surface area contributed by atoms with Crippen LogP contribution in [0.2, 0.25) is 0 Å². The maximum Gasteiger partial charge on any atom is 0.420 e.